The van der Waals surface area contributed by atoms with Crippen LogP contribution in [-0.4, -0.2) is 22.9 Å². The van der Waals surface area contributed by atoms with Gasteiger partial charge in [-0.05, 0) is 36.4 Å². The number of nitrogens with one attached hydrogen (secondary N) is 1. The van der Waals surface area contributed by atoms with Gasteiger partial charge in [0.25, 0.3) is 5.91 Å². The van der Waals surface area contributed by atoms with Crippen molar-refractivity contribution < 1.29 is 4.79 Å². The highest BCUT2D eigenvalue weighted by Gasteiger charge is 2.15. The number of anilines is 2. The number of nitrogens with two attached hydrogens (primary N) is 1. The third kappa shape index (κ3) is 2.09. The minimum Gasteiger partial charge on any atom is -0.399 e. The van der Waals surface area contributed by atoms with Crippen LogP contribution in [-0.2, 0) is 0 Å². The van der Waals surface area contributed by atoms with Crippen molar-refractivity contribution in [2.75, 3.05) is 17.7 Å². The normalized spacial score (nSPS) is 10.7. The highest BCUT2D eigenvalue weighted by molar-refractivity contribution is 6.07. The number of H-pyrrole nitrogens is 1. The van der Waals surface area contributed by atoms with Gasteiger partial charge in [-0.25, -0.2) is 0 Å². The molecule has 5 heteroatoms. The van der Waals surface area contributed by atoms with Gasteiger partial charge in [0.2, 0.25) is 0 Å². The average molecular weight is 266 g/mol. The number of benzene rings is 1. The molecule has 0 saturated carbocycles. The second-order valence-corrected chi connectivity index (χ2v) is 4.61. The Labute approximate surface area is 116 Å². The van der Waals surface area contributed by atoms with Crippen molar-refractivity contribution in [3.05, 3.63) is 54.5 Å². The van der Waals surface area contributed by atoms with Gasteiger partial charge in [0, 0.05) is 29.8 Å². The van der Waals surface area contributed by atoms with E-state index in [1.165, 1.54) is 0 Å². The van der Waals surface area contributed by atoms with Crippen molar-refractivity contribution in [3.63, 3.8) is 0 Å². The number of fused-ring (bicyclic) bond motifs is 1. The quantitative estimate of drug-likeness (QED) is 0.699. The first-order valence-corrected chi connectivity index (χ1v) is 6.21. The number of amides is 1. The van der Waals surface area contributed by atoms with Gasteiger partial charge in [0.1, 0.15) is 5.69 Å². The molecule has 0 atom stereocenters. The zero-order valence-corrected chi connectivity index (χ0v) is 11.0. The molecule has 0 radical (unpaired) electrons. The van der Waals surface area contributed by atoms with E-state index in [4.69, 9.17) is 5.73 Å². The Morgan fingerprint density at radius 3 is 2.90 bits per heavy atom. The molecule has 0 spiro atoms. The number of aromatic nitrogens is 2. The molecular weight excluding hydrogens is 252 g/mol. The summed E-state index contributed by atoms with van der Waals surface area (Å²) in [5.74, 6) is -0.118. The molecule has 0 aliphatic heterocycles. The van der Waals surface area contributed by atoms with Gasteiger partial charge in [0.05, 0.1) is 11.9 Å². The molecule has 20 heavy (non-hydrogen) atoms. The van der Waals surface area contributed by atoms with Crippen molar-refractivity contribution in [1.29, 1.82) is 0 Å². The second kappa shape index (κ2) is 4.70. The van der Waals surface area contributed by atoms with Crippen LogP contribution in [0.1, 0.15) is 10.5 Å². The van der Waals surface area contributed by atoms with Crippen LogP contribution in [0.5, 0.6) is 0 Å². The lowest BCUT2D eigenvalue weighted by Crippen LogP contribution is -2.26. The number of carbonyl (C=O) groups is 1. The first-order valence-electron chi connectivity index (χ1n) is 6.21. The molecule has 0 saturated heterocycles. The van der Waals surface area contributed by atoms with Crippen molar-refractivity contribution in [2.45, 2.75) is 0 Å². The number of hydrogen-bond acceptors (Lipinski definition) is 3. The van der Waals surface area contributed by atoms with Gasteiger partial charge in [-0.1, -0.05) is 0 Å². The van der Waals surface area contributed by atoms with E-state index >= 15 is 0 Å². The summed E-state index contributed by atoms with van der Waals surface area (Å²) in [7, 11) is 1.72. The molecule has 1 amide bonds. The van der Waals surface area contributed by atoms with E-state index < -0.39 is 0 Å². The van der Waals surface area contributed by atoms with E-state index in [1.54, 1.807) is 42.5 Å². The Morgan fingerprint density at radius 2 is 2.15 bits per heavy atom. The minimum atomic E-state index is -0.118. The molecule has 100 valence electrons. The molecule has 0 unspecified atom stereocenters. The second-order valence-electron chi connectivity index (χ2n) is 4.61. The summed E-state index contributed by atoms with van der Waals surface area (Å²) in [4.78, 5) is 21.1. The predicted molar refractivity (Wildman–Crippen MR) is 79.7 cm³/mol. The first kappa shape index (κ1) is 12.2. The maximum Gasteiger partial charge on any atom is 0.274 e. The zero-order chi connectivity index (χ0) is 14.1. The van der Waals surface area contributed by atoms with Gasteiger partial charge in [0.15, 0.2) is 0 Å². The summed E-state index contributed by atoms with van der Waals surface area (Å²) >= 11 is 0. The first-order chi connectivity index (χ1) is 9.65. The Balaban J connectivity index is 1.96. The summed E-state index contributed by atoms with van der Waals surface area (Å²) in [6, 6.07) is 11.0. The standard InChI is InChI=1S/C15H14N4O/c1-19(12-3-2-6-17-9-12)15(20)14-8-10-7-11(16)4-5-13(10)18-14/h2-9,18H,16H2,1H3. The number of nitrogen functional groups attached to an aromatic ring is 1. The number of pyridine rings is 1. The number of rotatable bonds is 2. The summed E-state index contributed by atoms with van der Waals surface area (Å²) in [6.07, 6.45) is 3.33. The highest BCUT2D eigenvalue weighted by Crippen LogP contribution is 2.20. The van der Waals surface area contributed by atoms with Crippen LogP contribution in [0, 0.1) is 0 Å². The molecule has 5 nitrogen and oxygen atoms in total. The van der Waals surface area contributed by atoms with Crippen LogP contribution < -0.4 is 10.6 Å². The topological polar surface area (TPSA) is 75.0 Å². The molecule has 0 fully saturated rings. The van der Waals surface area contributed by atoms with Gasteiger partial charge in [-0.3, -0.25) is 9.78 Å². The van der Waals surface area contributed by atoms with Gasteiger partial charge >= 0.3 is 0 Å². The van der Waals surface area contributed by atoms with Crippen molar-refractivity contribution in [2.24, 2.45) is 0 Å². The number of carbonyl (C=O) groups excluding carboxylic acids is 1. The minimum absolute atomic E-state index is 0.118. The predicted octanol–water partition coefficient (Wildman–Crippen LogP) is 2.42. The van der Waals surface area contributed by atoms with E-state index in [1.807, 2.05) is 18.2 Å². The fourth-order valence-electron chi connectivity index (χ4n) is 2.12. The zero-order valence-electron chi connectivity index (χ0n) is 11.0. The molecular formula is C15H14N4O. The Bertz CT molecular complexity index is 764. The van der Waals surface area contributed by atoms with Gasteiger partial charge < -0.3 is 15.6 Å². The van der Waals surface area contributed by atoms with Gasteiger partial charge in [-0.2, -0.15) is 0 Å². The summed E-state index contributed by atoms with van der Waals surface area (Å²) in [5.41, 5.74) is 8.58. The monoisotopic (exact) mass is 266 g/mol. The van der Waals surface area contributed by atoms with E-state index in [0.717, 1.165) is 16.6 Å². The third-order valence-corrected chi connectivity index (χ3v) is 3.21. The highest BCUT2D eigenvalue weighted by atomic mass is 16.2. The average Bonchev–Trinajstić information content (AvgIpc) is 2.89. The van der Waals surface area contributed by atoms with Crippen LogP contribution in [0.2, 0.25) is 0 Å². The molecule has 3 aromatic rings. The largest absolute Gasteiger partial charge is 0.399 e. The Kier molecular flexibility index (Phi) is 2.87. The van der Waals surface area contributed by atoms with Crippen LogP contribution in [0.4, 0.5) is 11.4 Å². The lowest BCUT2D eigenvalue weighted by Gasteiger charge is -2.15. The maximum atomic E-state index is 12.4. The van der Waals surface area contributed by atoms with Crippen molar-refractivity contribution >= 4 is 28.2 Å². The molecule has 1 aromatic carbocycles. The molecule has 0 aliphatic rings. The fourth-order valence-corrected chi connectivity index (χ4v) is 2.12. The van der Waals surface area contributed by atoms with Gasteiger partial charge in [-0.15, -0.1) is 0 Å². The van der Waals surface area contributed by atoms with E-state index in [-0.39, 0.29) is 5.91 Å². The maximum absolute atomic E-state index is 12.4. The lowest BCUT2D eigenvalue weighted by atomic mass is 10.2. The number of aromatic amines is 1. The van der Waals surface area contributed by atoms with E-state index in [2.05, 4.69) is 9.97 Å². The van der Waals surface area contributed by atoms with Crippen molar-refractivity contribution in [1.82, 2.24) is 9.97 Å². The third-order valence-electron chi connectivity index (χ3n) is 3.21. The van der Waals surface area contributed by atoms with Crippen LogP contribution >= 0.6 is 0 Å². The molecule has 2 aromatic heterocycles. The molecule has 3 N–H and O–H groups in total. The Hall–Kier alpha value is -2.82. The number of nitrogens with zero attached hydrogens (tertiary/aromatic N) is 2. The van der Waals surface area contributed by atoms with Crippen LogP contribution in [0.15, 0.2) is 48.8 Å². The molecule has 3 rings (SSSR count). The summed E-state index contributed by atoms with van der Waals surface area (Å²) in [6.45, 7) is 0. The fraction of sp³-hybridized carbons (Fsp3) is 0.0667. The SMILES string of the molecule is CN(C(=O)c1cc2cc(N)ccc2[nH]1)c1cccnc1. The molecule has 0 bridgehead atoms. The summed E-state index contributed by atoms with van der Waals surface area (Å²) in [5, 5.41) is 0.924. The van der Waals surface area contributed by atoms with Crippen molar-refractivity contribution in [3.8, 4) is 0 Å². The van der Waals surface area contributed by atoms with Crippen LogP contribution in [0.3, 0.4) is 0 Å². The molecule has 0 aliphatic carbocycles. The lowest BCUT2D eigenvalue weighted by molar-refractivity contribution is 0.0989. The summed E-state index contributed by atoms with van der Waals surface area (Å²) < 4.78 is 0. The van der Waals surface area contributed by atoms with E-state index in [0.29, 0.717) is 11.4 Å². The van der Waals surface area contributed by atoms with E-state index in [9.17, 15) is 4.79 Å². The smallest absolute Gasteiger partial charge is 0.274 e. The number of hydrogen-bond donors (Lipinski definition) is 2. The Morgan fingerprint density at radius 1 is 1.30 bits per heavy atom. The molecule has 2 heterocycles. The van der Waals surface area contributed by atoms with Crippen LogP contribution in [0.25, 0.3) is 10.9 Å².